The summed E-state index contributed by atoms with van der Waals surface area (Å²) in [4.78, 5) is 12.5. The van der Waals surface area contributed by atoms with Crippen LogP contribution in [0.4, 0.5) is 4.79 Å². The van der Waals surface area contributed by atoms with Gasteiger partial charge in [0.2, 0.25) is 0 Å². The number of nitrogens with zero attached hydrogens (tertiary/aromatic N) is 1. The molecule has 0 heterocycles. The molecule has 1 aliphatic carbocycles. The Bertz CT molecular complexity index is 794. The van der Waals surface area contributed by atoms with Crippen molar-refractivity contribution in [1.29, 1.82) is 0 Å². The number of carbonyl (C=O) groups is 1. The minimum absolute atomic E-state index is 0.0391. The Labute approximate surface area is 174 Å². The molecule has 0 saturated carbocycles. The summed E-state index contributed by atoms with van der Waals surface area (Å²) in [6.07, 6.45) is -0.0462. The molecule has 7 nitrogen and oxygen atoms in total. The highest BCUT2D eigenvalue weighted by atomic mass is 28.4. The van der Waals surface area contributed by atoms with E-state index in [0.717, 1.165) is 11.1 Å². The number of nitrogens with one attached hydrogen (secondary N) is 1. The van der Waals surface area contributed by atoms with Crippen LogP contribution in [0.2, 0.25) is 18.1 Å². The number of amidine groups is 1. The van der Waals surface area contributed by atoms with Crippen molar-refractivity contribution >= 4 is 20.2 Å². The monoisotopic (exact) mass is 421 g/mol. The van der Waals surface area contributed by atoms with Gasteiger partial charge >= 0.3 is 6.09 Å². The lowest BCUT2D eigenvalue weighted by Gasteiger charge is -2.40. The highest BCUT2D eigenvalue weighted by molar-refractivity contribution is 6.74. The van der Waals surface area contributed by atoms with Crippen molar-refractivity contribution in [1.82, 2.24) is 5.32 Å². The van der Waals surface area contributed by atoms with Crippen molar-refractivity contribution in [2.75, 3.05) is 0 Å². The van der Waals surface area contributed by atoms with Crippen LogP contribution in [0.25, 0.3) is 0 Å². The van der Waals surface area contributed by atoms with Crippen LogP contribution in [0.1, 0.15) is 64.3 Å². The van der Waals surface area contributed by atoms with Crippen molar-refractivity contribution in [2.45, 2.75) is 83.8 Å². The first-order valence-electron chi connectivity index (χ1n) is 9.92. The van der Waals surface area contributed by atoms with Crippen LogP contribution in [-0.2, 0) is 15.6 Å². The maximum atomic E-state index is 12.5. The van der Waals surface area contributed by atoms with Crippen molar-refractivity contribution < 1.29 is 19.2 Å². The molecule has 1 aromatic rings. The number of benzene rings is 1. The van der Waals surface area contributed by atoms with Crippen molar-refractivity contribution in [3.8, 4) is 0 Å². The standard InChI is InChI=1S/C21H35N3O4Si/c1-20(2,3)27-19(25)23-17-15-10-9-13(18(22)24-26)11-14(15)12-16(17)28-29(7,8)21(4,5)6/h9-11,16-17,26H,12H2,1-8H3,(H2,22,24)(H,23,25)/t16-,17-/m0/s1. The number of hydrogen-bond donors (Lipinski definition) is 3. The van der Waals surface area contributed by atoms with Gasteiger partial charge in [-0.3, -0.25) is 0 Å². The van der Waals surface area contributed by atoms with E-state index in [4.69, 9.17) is 20.1 Å². The second-order valence-corrected chi connectivity index (χ2v) is 14.9. The van der Waals surface area contributed by atoms with E-state index in [-0.39, 0.29) is 23.0 Å². The topological polar surface area (TPSA) is 106 Å². The van der Waals surface area contributed by atoms with Crippen LogP contribution in [0.15, 0.2) is 23.4 Å². The van der Waals surface area contributed by atoms with Gasteiger partial charge in [-0.1, -0.05) is 38.1 Å². The molecule has 1 aromatic carbocycles. The highest BCUT2D eigenvalue weighted by Crippen LogP contribution is 2.42. The number of ether oxygens (including phenoxy) is 1. The predicted octanol–water partition coefficient (Wildman–Crippen LogP) is 4.29. The molecule has 1 aliphatic rings. The zero-order chi connectivity index (χ0) is 22.2. The number of nitrogens with two attached hydrogens (primary N) is 1. The van der Waals surface area contributed by atoms with E-state index >= 15 is 0 Å². The molecule has 162 valence electrons. The van der Waals surface area contributed by atoms with Crippen LogP contribution >= 0.6 is 0 Å². The van der Waals surface area contributed by atoms with Gasteiger partial charge in [-0.25, -0.2) is 4.79 Å². The number of alkyl carbamates (subject to hydrolysis) is 1. The Balaban J connectivity index is 2.37. The molecular weight excluding hydrogens is 386 g/mol. The van der Waals surface area contributed by atoms with Gasteiger partial charge in [0, 0.05) is 12.0 Å². The number of fused-ring (bicyclic) bond motifs is 1. The highest BCUT2D eigenvalue weighted by Gasteiger charge is 2.44. The Morgan fingerprint density at radius 1 is 1.24 bits per heavy atom. The first-order chi connectivity index (χ1) is 13.1. The summed E-state index contributed by atoms with van der Waals surface area (Å²) in [5, 5.41) is 15.1. The maximum absolute atomic E-state index is 12.5. The molecule has 0 unspecified atom stereocenters. The van der Waals surface area contributed by atoms with Gasteiger partial charge in [0.1, 0.15) is 5.60 Å². The summed E-state index contributed by atoms with van der Waals surface area (Å²) in [7, 11) is -2.07. The number of amides is 1. The Morgan fingerprint density at radius 3 is 2.38 bits per heavy atom. The molecule has 0 aromatic heterocycles. The van der Waals surface area contributed by atoms with Crippen molar-refractivity contribution in [3.05, 3.63) is 34.9 Å². The molecule has 0 bridgehead atoms. The molecule has 8 heteroatoms. The molecule has 2 atom stereocenters. The van der Waals surface area contributed by atoms with E-state index in [1.807, 2.05) is 32.9 Å². The summed E-state index contributed by atoms with van der Waals surface area (Å²) in [5.41, 5.74) is 7.78. The minimum Gasteiger partial charge on any atom is -0.444 e. The molecule has 29 heavy (non-hydrogen) atoms. The van der Waals surface area contributed by atoms with Gasteiger partial charge in [0.25, 0.3) is 0 Å². The molecule has 2 rings (SSSR count). The molecule has 0 aliphatic heterocycles. The Hall–Kier alpha value is -2.06. The third-order valence-corrected chi connectivity index (χ3v) is 10.1. The van der Waals surface area contributed by atoms with Gasteiger partial charge in [0.15, 0.2) is 14.2 Å². The SMILES string of the molecule is CC(C)(C)OC(=O)N[C@H]1c2ccc(C(N)=NO)cc2C[C@@H]1O[Si](C)(C)C(C)(C)C. The zero-order valence-corrected chi connectivity index (χ0v) is 19.8. The van der Waals surface area contributed by atoms with Crippen LogP contribution in [0, 0.1) is 0 Å². The lowest BCUT2D eigenvalue weighted by molar-refractivity contribution is 0.0446. The first-order valence-corrected chi connectivity index (χ1v) is 12.8. The van der Waals surface area contributed by atoms with E-state index in [1.165, 1.54) is 0 Å². The van der Waals surface area contributed by atoms with E-state index in [9.17, 15) is 4.79 Å². The van der Waals surface area contributed by atoms with Crippen molar-refractivity contribution in [3.63, 3.8) is 0 Å². The summed E-state index contributed by atoms with van der Waals surface area (Å²) >= 11 is 0. The Morgan fingerprint density at radius 2 is 1.86 bits per heavy atom. The van der Waals surface area contributed by atoms with Gasteiger partial charge in [0.05, 0.1) is 12.1 Å². The van der Waals surface area contributed by atoms with Gasteiger partial charge in [-0.05, 0) is 56.1 Å². The van der Waals surface area contributed by atoms with Crippen LogP contribution in [0.5, 0.6) is 0 Å². The van der Waals surface area contributed by atoms with Crippen LogP contribution < -0.4 is 11.1 Å². The summed E-state index contributed by atoms with van der Waals surface area (Å²) in [6.45, 7) is 16.5. The third kappa shape index (κ3) is 5.51. The molecule has 1 amide bonds. The predicted molar refractivity (Wildman–Crippen MR) is 117 cm³/mol. The van der Waals surface area contributed by atoms with Crippen LogP contribution in [0.3, 0.4) is 0 Å². The summed E-state index contributed by atoms with van der Waals surface area (Å²) < 4.78 is 12.1. The third-order valence-electron chi connectivity index (χ3n) is 5.60. The van der Waals surface area contributed by atoms with E-state index < -0.39 is 20.0 Å². The number of oxime groups is 1. The quantitative estimate of drug-likeness (QED) is 0.221. The van der Waals surface area contributed by atoms with E-state index in [0.29, 0.717) is 12.0 Å². The van der Waals surface area contributed by atoms with Crippen LogP contribution in [-0.4, -0.2) is 37.2 Å². The smallest absolute Gasteiger partial charge is 0.408 e. The fraction of sp³-hybridized carbons (Fsp3) is 0.619. The first kappa shape index (κ1) is 23.2. The number of hydrogen-bond acceptors (Lipinski definition) is 5. The summed E-state index contributed by atoms with van der Waals surface area (Å²) in [6, 6.07) is 5.25. The molecular formula is C21H35N3O4Si. The Kier molecular flexibility index (Phi) is 6.39. The minimum atomic E-state index is -2.07. The summed E-state index contributed by atoms with van der Waals surface area (Å²) in [5.74, 6) is 0.0539. The second kappa shape index (κ2) is 7.99. The number of carbonyl (C=O) groups excluding carboxylic acids is 1. The van der Waals surface area contributed by atoms with E-state index in [1.54, 1.807) is 6.07 Å². The average molecular weight is 422 g/mol. The zero-order valence-electron chi connectivity index (χ0n) is 18.8. The van der Waals surface area contributed by atoms with Gasteiger partial charge in [-0.2, -0.15) is 0 Å². The van der Waals surface area contributed by atoms with Crippen molar-refractivity contribution in [2.24, 2.45) is 10.9 Å². The normalized spacial score (nSPS) is 20.3. The maximum Gasteiger partial charge on any atom is 0.408 e. The largest absolute Gasteiger partial charge is 0.444 e. The average Bonchev–Trinajstić information content (AvgIpc) is 2.87. The fourth-order valence-electron chi connectivity index (χ4n) is 3.11. The van der Waals surface area contributed by atoms with Gasteiger partial charge in [-0.15, -0.1) is 0 Å². The lowest BCUT2D eigenvalue weighted by atomic mass is 10.0. The lowest BCUT2D eigenvalue weighted by Crippen LogP contribution is -2.47. The molecule has 0 fully saturated rings. The van der Waals surface area contributed by atoms with Gasteiger partial charge < -0.3 is 25.4 Å². The molecule has 0 saturated heterocycles. The second-order valence-electron chi connectivity index (χ2n) is 10.1. The molecule has 0 spiro atoms. The fourth-order valence-corrected chi connectivity index (χ4v) is 4.44. The molecule has 4 N–H and O–H groups in total. The molecule has 0 radical (unpaired) electrons. The number of rotatable bonds is 4. The van der Waals surface area contributed by atoms with E-state index in [2.05, 4.69) is 44.3 Å².